The second-order valence-corrected chi connectivity index (χ2v) is 6.55. The summed E-state index contributed by atoms with van der Waals surface area (Å²) in [6.45, 7) is 2.02. The lowest BCUT2D eigenvalue weighted by molar-refractivity contribution is -0.115. The number of hydrogen-bond acceptors (Lipinski definition) is 6. The summed E-state index contributed by atoms with van der Waals surface area (Å²) in [5, 5.41) is 18.5. The van der Waals surface area contributed by atoms with E-state index in [1.807, 2.05) is 37.3 Å². The van der Waals surface area contributed by atoms with Gasteiger partial charge in [-0.05, 0) is 53.9 Å². The molecule has 29 heavy (non-hydrogen) atoms. The Balaban J connectivity index is 1.41. The van der Waals surface area contributed by atoms with Gasteiger partial charge in [0.2, 0.25) is 5.91 Å². The first-order chi connectivity index (χ1) is 14.2. The molecular weight excluding hydrogens is 364 g/mol. The molecule has 0 aliphatic rings. The van der Waals surface area contributed by atoms with Crippen molar-refractivity contribution in [3.8, 4) is 22.5 Å². The molecule has 3 heterocycles. The number of rotatable bonds is 5. The highest BCUT2D eigenvalue weighted by Crippen LogP contribution is 2.23. The highest BCUT2D eigenvalue weighted by Gasteiger charge is 2.08. The average molecular weight is 382 g/mol. The van der Waals surface area contributed by atoms with Gasteiger partial charge in [0.1, 0.15) is 5.69 Å². The van der Waals surface area contributed by atoms with E-state index in [-0.39, 0.29) is 12.3 Å². The molecule has 1 N–H and O–H groups in total. The average Bonchev–Trinajstić information content (AvgIpc) is 2.75. The number of aryl methyl sites for hydroxylation is 1. The van der Waals surface area contributed by atoms with Gasteiger partial charge in [-0.1, -0.05) is 18.2 Å². The Morgan fingerprint density at radius 2 is 1.86 bits per heavy atom. The number of nitrogens with zero attached hydrogens (tertiary/aromatic N) is 5. The molecule has 4 aromatic rings. The van der Waals surface area contributed by atoms with Crippen molar-refractivity contribution in [1.82, 2.24) is 25.4 Å². The van der Waals surface area contributed by atoms with Crippen LogP contribution in [0.15, 0.2) is 73.3 Å². The molecule has 0 aliphatic heterocycles. The number of pyridine rings is 1. The van der Waals surface area contributed by atoms with Gasteiger partial charge >= 0.3 is 0 Å². The minimum atomic E-state index is -0.100. The lowest BCUT2D eigenvalue weighted by Crippen LogP contribution is -2.14. The van der Waals surface area contributed by atoms with Crippen LogP contribution >= 0.6 is 0 Å². The maximum Gasteiger partial charge on any atom is 0.228 e. The number of nitrogens with one attached hydrogen (secondary N) is 1. The molecule has 0 aliphatic carbocycles. The molecule has 0 saturated carbocycles. The Morgan fingerprint density at radius 1 is 0.931 bits per heavy atom. The zero-order chi connectivity index (χ0) is 20.1. The van der Waals surface area contributed by atoms with Crippen molar-refractivity contribution in [2.24, 2.45) is 0 Å². The maximum absolute atomic E-state index is 12.4. The summed E-state index contributed by atoms with van der Waals surface area (Å²) in [6, 6.07) is 15.1. The fourth-order valence-electron chi connectivity index (χ4n) is 3.06. The van der Waals surface area contributed by atoms with Crippen molar-refractivity contribution < 1.29 is 4.79 Å². The number of anilines is 1. The van der Waals surface area contributed by atoms with E-state index >= 15 is 0 Å². The molecule has 3 aromatic heterocycles. The molecule has 7 heteroatoms. The molecule has 0 radical (unpaired) electrons. The lowest BCUT2D eigenvalue weighted by Gasteiger charge is -2.09. The van der Waals surface area contributed by atoms with Gasteiger partial charge in [-0.2, -0.15) is 15.3 Å². The van der Waals surface area contributed by atoms with E-state index in [2.05, 4.69) is 30.7 Å². The molecule has 0 unspecified atom stereocenters. The van der Waals surface area contributed by atoms with Gasteiger partial charge in [-0.15, -0.1) is 5.10 Å². The Hall–Kier alpha value is -4.00. The molecule has 1 aromatic carbocycles. The Morgan fingerprint density at radius 3 is 2.55 bits per heavy atom. The summed E-state index contributed by atoms with van der Waals surface area (Å²) in [4.78, 5) is 16.8. The van der Waals surface area contributed by atoms with Crippen molar-refractivity contribution in [1.29, 1.82) is 0 Å². The molecule has 7 nitrogen and oxygen atoms in total. The van der Waals surface area contributed by atoms with E-state index in [1.165, 1.54) is 0 Å². The fraction of sp³-hybridized carbons (Fsp3) is 0.0909. The highest BCUT2D eigenvalue weighted by atomic mass is 16.1. The Bertz CT molecular complexity index is 1120. The third-order valence-electron chi connectivity index (χ3n) is 4.43. The predicted octanol–water partition coefficient (Wildman–Crippen LogP) is 3.49. The summed E-state index contributed by atoms with van der Waals surface area (Å²) in [5.74, 6) is -0.100. The summed E-state index contributed by atoms with van der Waals surface area (Å²) >= 11 is 0. The van der Waals surface area contributed by atoms with Crippen molar-refractivity contribution in [2.75, 3.05) is 5.32 Å². The number of carbonyl (C=O) groups excluding carboxylic acids is 1. The van der Waals surface area contributed by atoms with Crippen LogP contribution in [0.5, 0.6) is 0 Å². The second-order valence-electron chi connectivity index (χ2n) is 6.55. The topological polar surface area (TPSA) is 93.6 Å². The van der Waals surface area contributed by atoms with Crippen molar-refractivity contribution in [2.45, 2.75) is 13.3 Å². The van der Waals surface area contributed by atoms with Gasteiger partial charge in [-0.25, -0.2) is 0 Å². The molecule has 1 amide bonds. The zero-order valence-electron chi connectivity index (χ0n) is 15.8. The van der Waals surface area contributed by atoms with Crippen LogP contribution in [0.1, 0.15) is 11.1 Å². The molecule has 0 saturated heterocycles. The monoisotopic (exact) mass is 382 g/mol. The molecular formula is C22H18N6O. The quantitative estimate of drug-likeness (QED) is 0.568. The van der Waals surface area contributed by atoms with Crippen LogP contribution in [0.25, 0.3) is 22.5 Å². The minimum absolute atomic E-state index is 0.100. The van der Waals surface area contributed by atoms with Crippen molar-refractivity contribution in [3.63, 3.8) is 0 Å². The van der Waals surface area contributed by atoms with Gasteiger partial charge in [0.25, 0.3) is 0 Å². The standard InChI is InChI=1S/C22H18N6O/c1-15-11-16(4-6-19(15)17-8-10-24-26-13-17)12-22(29)27-18-5-7-20(23-14-18)21-3-2-9-25-28-21/h2-11,13-14H,12H2,1H3,(H,27,29). The second kappa shape index (κ2) is 8.35. The van der Waals surface area contributed by atoms with Gasteiger partial charge in [0.15, 0.2) is 0 Å². The summed E-state index contributed by atoms with van der Waals surface area (Å²) < 4.78 is 0. The van der Waals surface area contributed by atoms with Crippen LogP contribution in [-0.2, 0) is 11.2 Å². The number of carbonyl (C=O) groups is 1. The molecule has 0 atom stereocenters. The summed E-state index contributed by atoms with van der Waals surface area (Å²) in [5.41, 5.74) is 6.13. The van der Waals surface area contributed by atoms with Crippen molar-refractivity contribution >= 4 is 11.6 Å². The zero-order valence-corrected chi connectivity index (χ0v) is 15.8. The third kappa shape index (κ3) is 4.47. The largest absolute Gasteiger partial charge is 0.324 e. The normalized spacial score (nSPS) is 10.5. The number of benzene rings is 1. The smallest absolute Gasteiger partial charge is 0.228 e. The fourth-order valence-corrected chi connectivity index (χ4v) is 3.06. The molecule has 0 fully saturated rings. The van der Waals surface area contributed by atoms with Gasteiger partial charge in [-0.3, -0.25) is 9.78 Å². The Kier molecular flexibility index (Phi) is 5.29. The van der Waals surface area contributed by atoms with Gasteiger partial charge < -0.3 is 5.32 Å². The first kappa shape index (κ1) is 18.4. The summed E-state index contributed by atoms with van der Waals surface area (Å²) in [6.07, 6.45) is 6.90. The molecule has 142 valence electrons. The molecule has 0 bridgehead atoms. The van der Waals surface area contributed by atoms with E-state index < -0.39 is 0 Å². The van der Waals surface area contributed by atoms with E-state index in [4.69, 9.17) is 0 Å². The van der Waals surface area contributed by atoms with Gasteiger partial charge in [0.05, 0.1) is 36.4 Å². The van der Waals surface area contributed by atoms with E-state index in [0.29, 0.717) is 17.1 Å². The lowest BCUT2D eigenvalue weighted by atomic mass is 9.99. The van der Waals surface area contributed by atoms with Crippen LogP contribution in [0.3, 0.4) is 0 Å². The van der Waals surface area contributed by atoms with E-state index in [9.17, 15) is 4.79 Å². The van der Waals surface area contributed by atoms with Crippen LogP contribution < -0.4 is 5.32 Å². The van der Waals surface area contributed by atoms with Crippen LogP contribution in [0.2, 0.25) is 0 Å². The van der Waals surface area contributed by atoms with Crippen LogP contribution in [0, 0.1) is 6.92 Å². The number of amides is 1. The van der Waals surface area contributed by atoms with Gasteiger partial charge in [0, 0.05) is 11.8 Å². The minimum Gasteiger partial charge on any atom is -0.324 e. The first-order valence-electron chi connectivity index (χ1n) is 9.09. The predicted molar refractivity (Wildman–Crippen MR) is 110 cm³/mol. The maximum atomic E-state index is 12.4. The first-order valence-corrected chi connectivity index (χ1v) is 9.09. The molecule has 0 spiro atoms. The third-order valence-corrected chi connectivity index (χ3v) is 4.43. The van der Waals surface area contributed by atoms with E-state index in [0.717, 1.165) is 22.3 Å². The Labute approximate surface area is 167 Å². The number of hydrogen-bond donors (Lipinski definition) is 1. The highest BCUT2D eigenvalue weighted by molar-refractivity contribution is 5.92. The van der Waals surface area contributed by atoms with Crippen LogP contribution in [-0.4, -0.2) is 31.3 Å². The van der Waals surface area contributed by atoms with E-state index in [1.54, 1.807) is 43.0 Å². The van der Waals surface area contributed by atoms with Crippen molar-refractivity contribution in [3.05, 3.63) is 84.4 Å². The molecule has 4 rings (SSSR count). The van der Waals surface area contributed by atoms with Crippen LogP contribution in [0.4, 0.5) is 5.69 Å². The SMILES string of the molecule is Cc1cc(CC(=O)Nc2ccc(-c3cccnn3)nc2)ccc1-c1ccnnc1. The number of aromatic nitrogens is 5. The summed E-state index contributed by atoms with van der Waals surface area (Å²) in [7, 11) is 0.